The zero-order valence-corrected chi connectivity index (χ0v) is 8.84. The molecule has 0 saturated carbocycles. The normalized spacial score (nSPS) is 10.9. The van der Waals surface area contributed by atoms with Crippen LogP contribution in [0.2, 0.25) is 0 Å². The van der Waals surface area contributed by atoms with Crippen LogP contribution in [0.25, 0.3) is 6.08 Å². The van der Waals surface area contributed by atoms with Crippen LogP contribution >= 0.6 is 0 Å². The number of hydrogen-bond donors (Lipinski definition) is 1. The fourth-order valence-corrected chi connectivity index (χ4v) is 1.05. The van der Waals surface area contributed by atoms with E-state index in [0.29, 0.717) is 12.0 Å². The number of nitrogens with one attached hydrogen (secondary N) is 1. The van der Waals surface area contributed by atoms with Crippen molar-refractivity contribution in [1.29, 1.82) is 0 Å². The van der Waals surface area contributed by atoms with Gasteiger partial charge in [0.15, 0.2) is 6.29 Å². The molecule has 1 N–H and O–H groups in total. The Balaban J connectivity index is 2.71. The lowest BCUT2D eigenvalue weighted by atomic mass is 10.3. The smallest absolute Gasteiger partial charge is 0.250 e. The van der Waals surface area contributed by atoms with Crippen LogP contribution in [0.4, 0.5) is 0 Å². The molecule has 0 aliphatic carbocycles. The number of amides is 1. The zero-order chi connectivity index (χ0) is 11.8. The molecule has 1 aromatic heterocycles. The molecule has 1 rings (SSSR count). The van der Waals surface area contributed by atoms with Crippen LogP contribution in [-0.2, 0) is 14.3 Å². The Morgan fingerprint density at radius 1 is 1.56 bits per heavy atom. The molecule has 0 aliphatic rings. The Morgan fingerprint density at radius 2 is 2.38 bits per heavy atom. The molecule has 1 amide bonds. The van der Waals surface area contributed by atoms with E-state index in [1.54, 1.807) is 24.4 Å². The van der Waals surface area contributed by atoms with Gasteiger partial charge >= 0.3 is 0 Å². The van der Waals surface area contributed by atoms with Gasteiger partial charge in [0.1, 0.15) is 6.61 Å². The lowest BCUT2D eigenvalue weighted by Gasteiger charge is -2.02. The van der Waals surface area contributed by atoms with Crippen molar-refractivity contribution in [3.8, 4) is 0 Å². The van der Waals surface area contributed by atoms with Crippen molar-refractivity contribution in [2.75, 3.05) is 13.7 Å². The highest BCUT2D eigenvalue weighted by molar-refractivity contribution is 5.90. The summed E-state index contributed by atoms with van der Waals surface area (Å²) in [5.41, 5.74) is 0.753. The first-order valence-corrected chi connectivity index (χ1v) is 4.63. The maximum Gasteiger partial charge on any atom is 0.250 e. The molecule has 0 aliphatic heterocycles. The first kappa shape index (κ1) is 12.1. The molecule has 0 atom stereocenters. The molecular formula is C11H12N2O3. The first-order chi connectivity index (χ1) is 7.76. The largest absolute Gasteiger partial charge is 0.375 e. The summed E-state index contributed by atoms with van der Waals surface area (Å²) in [6, 6.07) is 5.28. The second kappa shape index (κ2) is 6.47. The van der Waals surface area contributed by atoms with Gasteiger partial charge < -0.3 is 10.1 Å². The van der Waals surface area contributed by atoms with Crippen LogP contribution in [0.1, 0.15) is 5.69 Å². The Hall–Kier alpha value is -2.01. The van der Waals surface area contributed by atoms with Gasteiger partial charge in [-0.1, -0.05) is 6.07 Å². The van der Waals surface area contributed by atoms with Crippen LogP contribution in [0.5, 0.6) is 0 Å². The summed E-state index contributed by atoms with van der Waals surface area (Å²) in [6.07, 6.45) is 3.65. The van der Waals surface area contributed by atoms with E-state index in [4.69, 9.17) is 0 Å². The van der Waals surface area contributed by atoms with Gasteiger partial charge in [-0.25, -0.2) is 0 Å². The maximum atomic E-state index is 11.1. The lowest BCUT2D eigenvalue weighted by molar-refractivity contribution is -0.124. The van der Waals surface area contributed by atoms with Crippen molar-refractivity contribution in [2.45, 2.75) is 0 Å². The zero-order valence-electron chi connectivity index (χ0n) is 8.84. The number of rotatable bonds is 5. The van der Waals surface area contributed by atoms with Gasteiger partial charge in [-0.15, -0.1) is 0 Å². The SMILES string of the molecule is COCC(=O)N/C(C=O)=C\c1ccccn1. The minimum absolute atomic E-state index is 0.0899. The number of nitrogens with zero attached hydrogens (tertiary/aromatic N) is 1. The van der Waals surface area contributed by atoms with Crippen LogP contribution in [0, 0.1) is 0 Å². The van der Waals surface area contributed by atoms with Gasteiger partial charge in [-0.3, -0.25) is 14.6 Å². The van der Waals surface area contributed by atoms with Crippen molar-refractivity contribution in [2.24, 2.45) is 0 Å². The number of aromatic nitrogens is 1. The highest BCUT2D eigenvalue weighted by Crippen LogP contribution is 1.99. The molecular weight excluding hydrogens is 208 g/mol. The summed E-state index contributed by atoms with van der Waals surface area (Å²) >= 11 is 0. The van der Waals surface area contributed by atoms with E-state index in [2.05, 4.69) is 15.0 Å². The molecule has 0 saturated heterocycles. The number of aldehydes is 1. The Bertz CT molecular complexity index is 387. The summed E-state index contributed by atoms with van der Waals surface area (Å²) in [7, 11) is 1.41. The fourth-order valence-electron chi connectivity index (χ4n) is 1.05. The van der Waals surface area contributed by atoms with Crippen molar-refractivity contribution in [1.82, 2.24) is 10.3 Å². The van der Waals surface area contributed by atoms with Crippen molar-refractivity contribution < 1.29 is 14.3 Å². The van der Waals surface area contributed by atoms with Gasteiger partial charge in [0.2, 0.25) is 5.91 Å². The van der Waals surface area contributed by atoms with E-state index in [1.165, 1.54) is 13.2 Å². The average molecular weight is 220 g/mol. The minimum Gasteiger partial charge on any atom is -0.375 e. The van der Waals surface area contributed by atoms with Crippen LogP contribution in [-0.4, -0.2) is 30.9 Å². The predicted octanol–water partition coefficient (Wildman–Crippen LogP) is 0.384. The van der Waals surface area contributed by atoms with E-state index in [1.807, 2.05) is 0 Å². The van der Waals surface area contributed by atoms with Gasteiger partial charge in [0, 0.05) is 13.3 Å². The van der Waals surface area contributed by atoms with Crippen molar-refractivity contribution in [3.05, 3.63) is 35.8 Å². The minimum atomic E-state index is -0.378. The molecule has 0 unspecified atom stereocenters. The Kier molecular flexibility index (Phi) is 4.88. The molecule has 0 bridgehead atoms. The standard InChI is InChI=1S/C11H12N2O3/c1-16-8-11(15)13-10(7-14)6-9-4-2-3-5-12-9/h2-7H,8H2,1H3,(H,13,15)/b10-6-. The third kappa shape index (κ3) is 4.02. The highest BCUT2D eigenvalue weighted by Gasteiger charge is 2.03. The van der Waals surface area contributed by atoms with Crippen molar-refractivity contribution in [3.63, 3.8) is 0 Å². The van der Waals surface area contributed by atoms with E-state index in [0.717, 1.165) is 0 Å². The van der Waals surface area contributed by atoms with Gasteiger partial charge in [0.05, 0.1) is 11.4 Å². The second-order valence-corrected chi connectivity index (χ2v) is 2.95. The first-order valence-electron chi connectivity index (χ1n) is 4.63. The summed E-state index contributed by atoms with van der Waals surface area (Å²) in [5.74, 6) is -0.378. The number of carbonyl (C=O) groups excluding carboxylic acids is 2. The molecule has 5 nitrogen and oxygen atoms in total. The fraction of sp³-hybridized carbons (Fsp3) is 0.182. The second-order valence-electron chi connectivity index (χ2n) is 2.95. The average Bonchev–Trinajstić information content (AvgIpc) is 2.30. The van der Waals surface area contributed by atoms with E-state index >= 15 is 0 Å². The van der Waals surface area contributed by atoms with E-state index in [-0.39, 0.29) is 18.2 Å². The number of carbonyl (C=O) groups is 2. The predicted molar refractivity (Wildman–Crippen MR) is 58.3 cm³/mol. The molecule has 84 valence electrons. The molecule has 1 heterocycles. The third-order valence-corrected chi connectivity index (χ3v) is 1.68. The summed E-state index contributed by atoms with van der Waals surface area (Å²) in [6.45, 7) is -0.0899. The molecule has 0 spiro atoms. The molecule has 1 aromatic rings. The quantitative estimate of drug-likeness (QED) is 0.575. The Labute approximate surface area is 93.1 Å². The number of hydrogen-bond acceptors (Lipinski definition) is 4. The van der Waals surface area contributed by atoms with Crippen LogP contribution < -0.4 is 5.32 Å². The maximum absolute atomic E-state index is 11.1. The van der Waals surface area contributed by atoms with Gasteiger partial charge in [-0.2, -0.15) is 0 Å². The molecule has 5 heteroatoms. The van der Waals surface area contributed by atoms with Crippen LogP contribution in [0.3, 0.4) is 0 Å². The number of allylic oxidation sites excluding steroid dienone is 1. The van der Waals surface area contributed by atoms with Gasteiger partial charge in [0.25, 0.3) is 0 Å². The molecule has 16 heavy (non-hydrogen) atoms. The third-order valence-electron chi connectivity index (χ3n) is 1.68. The number of methoxy groups -OCH3 is 1. The highest BCUT2D eigenvalue weighted by atomic mass is 16.5. The Morgan fingerprint density at radius 3 is 2.94 bits per heavy atom. The van der Waals surface area contributed by atoms with Gasteiger partial charge in [-0.05, 0) is 18.2 Å². The summed E-state index contributed by atoms with van der Waals surface area (Å²) in [4.78, 5) is 25.8. The molecule has 0 fully saturated rings. The van der Waals surface area contributed by atoms with Crippen molar-refractivity contribution >= 4 is 18.3 Å². The summed E-state index contributed by atoms with van der Waals surface area (Å²) in [5, 5.41) is 2.41. The topological polar surface area (TPSA) is 68.3 Å². The monoisotopic (exact) mass is 220 g/mol. The van der Waals surface area contributed by atoms with E-state index in [9.17, 15) is 9.59 Å². The molecule has 0 radical (unpaired) electrons. The number of ether oxygens (including phenoxy) is 1. The number of pyridine rings is 1. The lowest BCUT2D eigenvalue weighted by Crippen LogP contribution is -2.27. The van der Waals surface area contributed by atoms with E-state index < -0.39 is 0 Å². The molecule has 0 aromatic carbocycles. The van der Waals surface area contributed by atoms with Crippen LogP contribution in [0.15, 0.2) is 30.1 Å². The summed E-state index contributed by atoms with van der Waals surface area (Å²) < 4.78 is 4.63.